The Balaban J connectivity index is 1.72. The van der Waals surface area contributed by atoms with E-state index in [0.29, 0.717) is 11.4 Å². The van der Waals surface area contributed by atoms with Crippen LogP contribution in [0.25, 0.3) is 5.69 Å². The maximum atomic E-state index is 12.3. The fourth-order valence-corrected chi connectivity index (χ4v) is 3.56. The molecule has 0 saturated carbocycles. The van der Waals surface area contributed by atoms with Crippen LogP contribution in [-0.4, -0.2) is 29.7 Å². The highest BCUT2D eigenvalue weighted by Gasteiger charge is 2.16. The zero-order chi connectivity index (χ0) is 23.4. The van der Waals surface area contributed by atoms with Gasteiger partial charge in [0, 0.05) is 22.6 Å². The van der Waals surface area contributed by atoms with Gasteiger partial charge >= 0.3 is 11.8 Å². The van der Waals surface area contributed by atoms with Gasteiger partial charge in [0.1, 0.15) is 5.75 Å². The van der Waals surface area contributed by atoms with E-state index in [9.17, 15) is 9.59 Å². The average Bonchev–Trinajstić information content (AvgIpc) is 3.03. The Hall–Kier alpha value is -3.87. The largest absolute Gasteiger partial charge is 0.495 e. The summed E-state index contributed by atoms with van der Waals surface area (Å²) >= 11 is 0. The molecule has 1 heterocycles. The summed E-state index contributed by atoms with van der Waals surface area (Å²) in [4.78, 5) is 24.5. The second-order valence-electron chi connectivity index (χ2n) is 7.81. The van der Waals surface area contributed by atoms with Crippen molar-refractivity contribution >= 4 is 23.7 Å². The number of ether oxygens (including phenoxy) is 1. The Morgan fingerprint density at radius 2 is 1.62 bits per heavy atom. The van der Waals surface area contributed by atoms with Crippen LogP contribution in [0.3, 0.4) is 0 Å². The van der Waals surface area contributed by atoms with Crippen molar-refractivity contribution in [3.63, 3.8) is 0 Å². The second-order valence-corrected chi connectivity index (χ2v) is 7.81. The van der Waals surface area contributed by atoms with Crippen molar-refractivity contribution in [2.75, 3.05) is 12.4 Å². The number of carbonyl (C=O) groups excluding carboxylic acids is 2. The van der Waals surface area contributed by atoms with E-state index < -0.39 is 11.8 Å². The number of rotatable bonds is 5. The lowest BCUT2D eigenvalue weighted by molar-refractivity contribution is -0.136. The standard InChI is InChI=1S/C25H28N4O3/c1-15-8-10-23(32-6)21(11-15)27-24(30)25(31)28-26-14-20-13-18(4)29(19(20)5)22-12-16(2)7-9-17(22)3/h7-14H,1-6H3,(H,27,30)(H,28,31)/b26-14-. The van der Waals surface area contributed by atoms with Gasteiger partial charge in [-0.3, -0.25) is 9.59 Å². The first-order valence-corrected chi connectivity index (χ1v) is 10.3. The summed E-state index contributed by atoms with van der Waals surface area (Å²) in [6.07, 6.45) is 1.54. The smallest absolute Gasteiger partial charge is 0.329 e. The van der Waals surface area contributed by atoms with Gasteiger partial charge in [-0.05, 0) is 75.6 Å². The number of nitrogens with one attached hydrogen (secondary N) is 2. The van der Waals surface area contributed by atoms with Gasteiger partial charge in [-0.15, -0.1) is 0 Å². The molecule has 7 nitrogen and oxygen atoms in total. The number of carbonyl (C=O) groups is 2. The van der Waals surface area contributed by atoms with Crippen molar-refractivity contribution in [3.8, 4) is 11.4 Å². The molecule has 0 atom stereocenters. The predicted octanol–water partition coefficient (Wildman–Crippen LogP) is 4.12. The summed E-state index contributed by atoms with van der Waals surface area (Å²) in [7, 11) is 1.50. The summed E-state index contributed by atoms with van der Waals surface area (Å²) < 4.78 is 7.38. The third-order valence-electron chi connectivity index (χ3n) is 5.25. The Morgan fingerprint density at radius 3 is 2.34 bits per heavy atom. The average molecular weight is 433 g/mol. The van der Waals surface area contributed by atoms with E-state index in [1.807, 2.05) is 32.9 Å². The van der Waals surface area contributed by atoms with Crippen LogP contribution in [0.15, 0.2) is 47.6 Å². The first kappa shape index (κ1) is 22.8. The van der Waals surface area contributed by atoms with Crippen molar-refractivity contribution in [1.82, 2.24) is 9.99 Å². The van der Waals surface area contributed by atoms with Crippen LogP contribution in [0.1, 0.15) is 33.6 Å². The minimum atomic E-state index is -0.867. The van der Waals surface area contributed by atoms with Crippen molar-refractivity contribution in [3.05, 3.63) is 76.1 Å². The summed E-state index contributed by atoms with van der Waals surface area (Å²) in [6.45, 7) is 10.0. The SMILES string of the molecule is COc1ccc(C)cc1NC(=O)C(=O)N/N=C\c1cc(C)n(-c2cc(C)ccc2C)c1C. The van der Waals surface area contributed by atoms with E-state index in [0.717, 1.165) is 33.8 Å². The molecule has 0 aliphatic carbocycles. The number of benzene rings is 2. The third kappa shape index (κ3) is 4.88. The quantitative estimate of drug-likeness (QED) is 0.361. The molecule has 1 aromatic heterocycles. The molecule has 3 rings (SSSR count). The van der Waals surface area contributed by atoms with Gasteiger partial charge < -0.3 is 14.6 Å². The topological polar surface area (TPSA) is 84.7 Å². The Morgan fingerprint density at radius 1 is 0.938 bits per heavy atom. The summed E-state index contributed by atoms with van der Waals surface area (Å²) in [5.74, 6) is -1.22. The van der Waals surface area contributed by atoms with E-state index in [4.69, 9.17) is 4.74 Å². The second kappa shape index (κ2) is 9.51. The predicted molar refractivity (Wildman–Crippen MR) is 127 cm³/mol. The molecule has 2 aromatic carbocycles. The lowest BCUT2D eigenvalue weighted by Crippen LogP contribution is -2.32. The maximum absolute atomic E-state index is 12.3. The molecule has 0 saturated heterocycles. The van der Waals surface area contributed by atoms with Crippen molar-refractivity contribution in [1.29, 1.82) is 0 Å². The van der Waals surface area contributed by atoms with Gasteiger partial charge in [-0.1, -0.05) is 18.2 Å². The first-order valence-electron chi connectivity index (χ1n) is 10.3. The zero-order valence-corrected chi connectivity index (χ0v) is 19.2. The molecular weight excluding hydrogens is 404 g/mol. The number of hydrogen-bond donors (Lipinski definition) is 2. The molecule has 7 heteroatoms. The summed E-state index contributed by atoms with van der Waals surface area (Å²) in [5, 5.41) is 6.54. The van der Waals surface area contributed by atoms with Gasteiger partial charge in [0.05, 0.1) is 19.0 Å². The fourth-order valence-electron chi connectivity index (χ4n) is 3.56. The highest BCUT2D eigenvalue weighted by atomic mass is 16.5. The van der Waals surface area contributed by atoms with Crippen LogP contribution in [-0.2, 0) is 9.59 Å². The molecule has 32 heavy (non-hydrogen) atoms. The number of aryl methyl sites for hydroxylation is 4. The molecule has 0 aliphatic rings. The first-order chi connectivity index (χ1) is 15.2. The van der Waals surface area contributed by atoms with Crippen LogP contribution < -0.4 is 15.5 Å². The minimum Gasteiger partial charge on any atom is -0.495 e. The Bertz CT molecular complexity index is 1210. The monoisotopic (exact) mass is 432 g/mol. The Kier molecular flexibility index (Phi) is 6.78. The lowest BCUT2D eigenvalue weighted by Gasteiger charge is -2.13. The molecule has 0 bridgehead atoms. The van der Waals surface area contributed by atoms with Gasteiger partial charge in [0.25, 0.3) is 0 Å². The fraction of sp³-hybridized carbons (Fsp3) is 0.240. The molecule has 3 aromatic rings. The maximum Gasteiger partial charge on any atom is 0.329 e. The van der Waals surface area contributed by atoms with Crippen LogP contribution >= 0.6 is 0 Å². The molecule has 0 spiro atoms. The van der Waals surface area contributed by atoms with Crippen molar-refractivity contribution < 1.29 is 14.3 Å². The van der Waals surface area contributed by atoms with Crippen molar-refractivity contribution in [2.24, 2.45) is 5.10 Å². The third-order valence-corrected chi connectivity index (χ3v) is 5.25. The minimum absolute atomic E-state index is 0.425. The number of nitrogens with zero attached hydrogens (tertiary/aromatic N) is 2. The van der Waals surface area contributed by atoms with E-state index in [1.54, 1.807) is 18.3 Å². The van der Waals surface area contributed by atoms with E-state index >= 15 is 0 Å². The number of anilines is 1. The Labute approximate surface area is 188 Å². The summed E-state index contributed by atoms with van der Waals surface area (Å²) in [5.41, 5.74) is 9.98. The number of amides is 2. The molecule has 0 aliphatic heterocycles. The molecule has 2 N–H and O–H groups in total. The van der Waals surface area contributed by atoms with Crippen LogP contribution in [0, 0.1) is 34.6 Å². The number of aromatic nitrogens is 1. The highest BCUT2D eigenvalue weighted by Crippen LogP contribution is 2.25. The molecule has 0 unspecified atom stereocenters. The van der Waals surface area contributed by atoms with E-state index in [1.165, 1.54) is 12.7 Å². The highest BCUT2D eigenvalue weighted by molar-refractivity contribution is 6.39. The van der Waals surface area contributed by atoms with Gasteiger partial charge in [-0.2, -0.15) is 5.10 Å². The van der Waals surface area contributed by atoms with E-state index in [-0.39, 0.29) is 0 Å². The normalized spacial score (nSPS) is 10.9. The molecule has 0 radical (unpaired) electrons. The van der Waals surface area contributed by atoms with Gasteiger partial charge in [0.2, 0.25) is 0 Å². The molecule has 2 amide bonds. The number of hydrazone groups is 1. The molecule has 0 fully saturated rings. The summed E-state index contributed by atoms with van der Waals surface area (Å²) in [6, 6.07) is 13.6. The zero-order valence-electron chi connectivity index (χ0n) is 19.2. The van der Waals surface area contributed by atoms with Gasteiger partial charge in [0.15, 0.2) is 0 Å². The van der Waals surface area contributed by atoms with Crippen LogP contribution in [0.4, 0.5) is 5.69 Å². The van der Waals surface area contributed by atoms with Gasteiger partial charge in [-0.25, -0.2) is 5.43 Å². The number of hydrogen-bond acceptors (Lipinski definition) is 4. The molecular formula is C25H28N4O3. The van der Waals surface area contributed by atoms with Crippen molar-refractivity contribution in [2.45, 2.75) is 34.6 Å². The van der Waals surface area contributed by atoms with Crippen LogP contribution in [0.2, 0.25) is 0 Å². The van der Waals surface area contributed by atoms with E-state index in [2.05, 4.69) is 52.5 Å². The number of methoxy groups -OCH3 is 1. The van der Waals surface area contributed by atoms with Crippen LogP contribution in [0.5, 0.6) is 5.75 Å². The molecule has 166 valence electrons. The lowest BCUT2D eigenvalue weighted by atomic mass is 10.1.